The number of benzene rings is 1. The van der Waals surface area contributed by atoms with Gasteiger partial charge in [0.15, 0.2) is 11.5 Å². The van der Waals surface area contributed by atoms with Crippen LogP contribution in [0.1, 0.15) is 19.4 Å². The average Bonchev–Trinajstić information content (AvgIpc) is 2.34. The van der Waals surface area contributed by atoms with Crippen LogP contribution < -0.4 is 14.8 Å². The van der Waals surface area contributed by atoms with Gasteiger partial charge in [-0.15, -0.1) is 0 Å². The number of methoxy groups -OCH3 is 1. The van der Waals surface area contributed by atoms with Crippen molar-refractivity contribution in [1.29, 1.82) is 0 Å². The number of nitrogens with one attached hydrogen (secondary N) is 1. The SMILES string of the molecule is COc1cc(CNC(C)C)ccc1OCC(F)F. The molecule has 0 aromatic heterocycles. The number of halogens is 2. The van der Waals surface area contributed by atoms with Crippen molar-refractivity contribution < 1.29 is 18.3 Å². The van der Waals surface area contributed by atoms with Crippen molar-refractivity contribution >= 4 is 0 Å². The van der Waals surface area contributed by atoms with Gasteiger partial charge in [0.1, 0.15) is 6.61 Å². The van der Waals surface area contributed by atoms with Crippen LogP contribution in [-0.4, -0.2) is 26.2 Å². The highest BCUT2D eigenvalue weighted by Crippen LogP contribution is 2.28. The lowest BCUT2D eigenvalue weighted by Crippen LogP contribution is -2.21. The van der Waals surface area contributed by atoms with Gasteiger partial charge in [0, 0.05) is 12.6 Å². The summed E-state index contributed by atoms with van der Waals surface area (Å²) in [5, 5.41) is 3.27. The molecule has 0 fully saturated rings. The summed E-state index contributed by atoms with van der Waals surface area (Å²) < 4.78 is 34.2. The topological polar surface area (TPSA) is 30.5 Å². The highest BCUT2D eigenvalue weighted by molar-refractivity contribution is 5.42. The van der Waals surface area contributed by atoms with Gasteiger partial charge in [0.25, 0.3) is 6.43 Å². The van der Waals surface area contributed by atoms with Crippen LogP contribution in [0.25, 0.3) is 0 Å². The van der Waals surface area contributed by atoms with E-state index in [1.54, 1.807) is 12.1 Å². The molecule has 0 bridgehead atoms. The summed E-state index contributed by atoms with van der Waals surface area (Å²) in [4.78, 5) is 0. The molecule has 1 aromatic rings. The Bertz CT molecular complexity index is 370. The predicted molar refractivity (Wildman–Crippen MR) is 66.5 cm³/mol. The Labute approximate surface area is 106 Å². The Morgan fingerprint density at radius 3 is 2.50 bits per heavy atom. The van der Waals surface area contributed by atoms with Gasteiger partial charge in [-0.1, -0.05) is 19.9 Å². The van der Waals surface area contributed by atoms with Crippen LogP contribution in [0.2, 0.25) is 0 Å². The minimum atomic E-state index is -2.49. The fraction of sp³-hybridized carbons (Fsp3) is 0.538. The van der Waals surface area contributed by atoms with Crippen molar-refractivity contribution in [2.45, 2.75) is 32.9 Å². The third-order valence-electron chi connectivity index (χ3n) is 2.31. The van der Waals surface area contributed by atoms with Crippen molar-refractivity contribution in [3.63, 3.8) is 0 Å². The Hall–Kier alpha value is -1.36. The number of hydrogen-bond acceptors (Lipinski definition) is 3. The van der Waals surface area contributed by atoms with Gasteiger partial charge in [-0.25, -0.2) is 8.78 Å². The van der Waals surface area contributed by atoms with Gasteiger partial charge in [0.2, 0.25) is 0 Å². The summed E-state index contributed by atoms with van der Waals surface area (Å²) in [6.07, 6.45) is -2.49. The van der Waals surface area contributed by atoms with Crippen LogP contribution >= 0.6 is 0 Å². The maximum atomic E-state index is 12.1. The van der Waals surface area contributed by atoms with E-state index < -0.39 is 13.0 Å². The molecule has 0 atom stereocenters. The highest BCUT2D eigenvalue weighted by Gasteiger charge is 2.09. The molecule has 0 spiro atoms. The summed E-state index contributed by atoms with van der Waals surface area (Å²) >= 11 is 0. The molecule has 1 rings (SSSR count). The molecule has 18 heavy (non-hydrogen) atoms. The molecular weight excluding hydrogens is 240 g/mol. The molecule has 3 nitrogen and oxygen atoms in total. The van der Waals surface area contributed by atoms with E-state index in [0.717, 1.165) is 5.56 Å². The molecule has 0 heterocycles. The zero-order chi connectivity index (χ0) is 13.5. The Morgan fingerprint density at radius 2 is 1.94 bits per heavy atom. The number of ether oxygens (including phenoxy) is 2. The summed E-state index contributed by atoms with van der Waals surface area (Å²) in [6.45, 7) is 4.18. The predicted octanol–water partition coefficient (Wildman–Crippen LogP) is 2.84. The maximum absolute atomic E-state index is 12.1. The zero-order valence-electron chi connectivity index (χ0n) is 10.9. The van der Waals surface area contributed by atoms with Gasteiger partial charge in [-0.05, 0) is 17.7 Å². The molecule has 5 heteroatoms. The average molecular weight is 259 g/mol. The van der Waals surface area contributed by atoms with Gasteiger partial charge in [-0.3, -0.25) is 0 Å². The summed E-state index contributed by atoms with van der Waals surface area (Å²) in [6, 6.07) is 5.65. The van der Waals surface area contributed by atoms with Gasteiger partial charge < -0.3 is 14.8 Å². The molecule has 0 radical (unpaired) electrons. The molecule has 0 aliphatic rings. The minimum absolute atomic E-state index is 0.339. The van der Waals surface area contributed by atoms with Crippen molar-refractivity contribution in [2.75, 3.05) is 13.7 Å². The normalized spacial score (nSPS) is 11.1. The second-order valence-electron chi connectivity index (χ2n) is 4.22. The third kappa shape index (κ3) is 4.87. The van der Waals surface area contributed by atoms with Crippen molar-refractivity contribution in [2.24, 2.45) is 0 Å². The van der Waals surface area contributed by atoms with Gasteiger partial charge in [0.05, 0.1) is 7.11 Å². The molecule has 0 saturated carbocycles. The Balaban J connectivity index is 2.70. The number of alkyl halides is 2. The molecule has 0 saturated heterocycles. The lowest BCUT2D eigenvalue weighted by molar-refractivity contribution is 0.0804. The first-order valence-corrected chi connectivity index (χ1v) is 5.84. The van der Waals surface area contributed by atoms with E-state index in [1.807, 2.05) is 6.07 Å². The smallest absolute Gasteiger partial charge is 0.272 e. The fourth-order valence-corrected chi connectivity index (χ4v) is 1.42. The molecule has 0 aliphatic carbocycles. The van der Waals surface area contributed by atoms with E-state index in [0.29, 0.717) is 24.1 Å². The van der Waals surface area contributed by atoms with Crippen LogP contribution in [0.3, 0.4) is 0 Å². The van der Waals surface area contributed by atoms with Crippen LogP contribution in [0, 0.1) is 0 Å². The second-order valence-corrected chi connectivity index (χ2v) is 4.22. The molecule has 0 amide bonds. The van der Waals surface area contributed by atoms with Crippen LogP contribution in [0.4, 0.5) is 8.78 Å². The van der Waals surface area contributed by atoms with Crippen molar-refractivity contribution in [1.82, 2.24) is 5.32 Å². The highest BCUT2D eigenvalue weighted by atomic mass is 19.3. The lowest BCUT2D eigenvalue weighted by atomic mass is 10.2. The van der Waals surface area contributed by atoms with Crippen LogP contribution in [0.5, 0.6) is 11.5 Å². The molecule has 0 aliphatic heterocycles. The van der Waals surface area contributed by atoms with E-state index in [4.69, 9.17) is 9.47 Å². The van der Waals surface area contributed by atoms with E-state index in [2.05, 4.69) is 19.2 Å². The van der Waals surface area contributed by atoms with E-state index >= 15 is 0 Å². The first-order valence-electron chi connectivity index (χ1n) is 5.84. The lowest BCUT2D eigenvalue weighted by Gasteiger charge is -2.13. The quantitative estimate of drug-likeness (QED) is 0.816. The summed E-state index contributed by atoms with van der Waals surface area (Å²) in [5.41, 5.74) is 1.02. The van der Waals surface area contributed by atoms with E-state index in [-0.39, 0.29) is 0 Å². The number of hydrogen-bond donors (Lipinski definition) is 1. The van der Waals surface area contributed by atoms with Crippen molar-refractivity contribution in [3.8, 4) is 11.5 Å². The Kier molecular flexibility index (Phi) is 5.85. The summed E-state index contributed by atoms with van der Waals surface area (Å²) in [7, 11) is 1.49. The summed E-state index contributed by atoms with van der Waals surface area (Å²) in [5.74, 6) is 0.810. The zero-order valence-corrected chi connectivity index (χ0v) is 10.9. The molecule has 0 unspecified atom stereocenters. The molecule has 1 aromatic carbocycles. The van der Waals surface area contributed by atoms with Gasteiger partial charge >= 0.3 is 0 Å². The van der Waals surface area contributed by atoms with Crippen LogP contribution in [-0.2, 0) is 6.54 Å². The molecular formula is C13H19F2NO2. The fourth-order valence-electron chi connectivity index (χ4n) is 1.42. The van der Waals surface area contributed by atoms with E-state index in [9.17, 15) is 8.78 Å². The molecule has 102 valence electrons. The minimum Gasteiger partial charge on any atom is -0.493 e. The third-order valence-corrected chi connectivity index (χ3v) is 2.31. The second kappa shape index (κ2) is 7.16. The number of rotatable bonds is 7. The standard InChI is InChI=1S/C13H19F2NO2/c1-9(2)16-7-10-4-5-11(12(6-10)17-3)18-8-13(14)15/h4-6,9,13,16H,7-8H2,1-3H3. The van der Waals surface area contributed by atoms with Crippen molar-refractivity contribution in [3.05, 3.63) is 23.8 Å². The maximum Gasteiger partial charge on any atom is 0.272 e. The van der Waals surface area contributed by atoms with Crippen LogP contribution in [0.15, 0.2) is 18.2 Å². The Morgan fingerprint density at radius 1 is 1.22 bits per heavy atom. The van der Waals surface area contributed by atoms with Gasteiger partial charge in [-0.2, -0.15) is 0 Å². The first-order chi connectivity index (χ1) is 8.52. The van der Waals surface area contributed by atoms with E-state index in [1.165, 1.54) is 7.11 Å². The molecule has 1 N–H and O–H groups in total. The first kappa shape index (κ1) is 14.7. The monoisotopic (exact) mass is 259 g/mol. The largest absolute Gasteiger partial charge is 0.493 e.